The van der Waals surface area contributed by atoms with Crippen molar-refractivity contribution in [2.24, 2.45) is 10.1 Å². The van der Waals surface area contributed by atoms with Crippen molar-refractivity contribution < 1.29 is 27.4 Å². The number of aromatic nitrogens is 2. The molecule has 33 heavy (non-hydrogen) atoms. The van der Waals surface area contributed by atoms with Gasteiger partial charge in [-0.05, 0) is 48.0 Å². The van der Waals surface area contributed by atoms with Crippen LogP contribution < -0.4 is 24.1 Å². The summed E-state index contributed by atoms with van der Waals surface area (Å²) in [6, 6.07) is 10.8. The van der Waals surface area contributed by atoms with Gasteiger partial charge in [-0.25, -0.2) is 18.5 Å². The summed E-state index contributed by atoms with van der Waals surface area (Å²) in [6.07, 6.45) is 3.55. The maximum absolute atomic E-state index is 11.5. The Morgan fingerprint density at radius 1 is 0.970 bits per heavy atom. The van der Waals surface area contributed by atoms with Gasteiger partial charge in [0.1, 0.15) is 5.75 Å². The molecule has 0 aliphatic rings. The van der Waals surface area contributed by atoms with Gasteiger partial charge in [-0.15, -0.1) is 10.2 Å². The summed E-state index contributed by atoms with van der Waals surface area (Å²) < 4.78 is 44.1. The zero-order chi connectivity index (χ0) is 24.0. The van der Waals surface area contributed by atoms with Crippen LogP contribution in [0, 0.1) is 0 Å². The van der Waals surface area contributed by atoms with E-state index in [9.17, 15) is 8.42 Å². The summed E-state index contributed by atoms with van der Waals surface area (Å²) in [6.45, 7) is 0. The van der Waals surface area contributed by atoms with Crippen LogP contribution >= 0.6 is 11.3 Å². The normalized spacial score (nSPS) is 12.1. The molecule has 0 aliphatic heterocycles. The number of primary sulfonamides is 1. The Balaban J connectivity index is 2.06. The van der Waals surface area contributed by atoms with Crippen molar-refractivity contribution in [1.29, 1.82) is 0 Å². The third kappa shape index (κ3) is 5.86. The Morgan fingerprint density at radius 2 is 1.61 bits per heavy atom. The average molecular weight is 491 g/mol. The number of rotatable bonds is 9. The minimum absolute atomic E-state index is 0.138. The van der Waals surface area contributed by atoms with Crippen molar-refractivity contribution >= 4 is 38.3 Å². The number of hydrogen-bond donors (Lipinski definition) is 1. The van der Waals surface area contributed by atoms with Crippen LogP contribution in [0.5, 0.6) is 23.0 Å². The zero-order valence-corrected chi connectivity index (χ0v) is 19.9. The van der Waals surface area contributed by atoms with Gasteiger partial charge in [0.05, 0.1) is 34.2 Å². The molecule has 174 valence electrons. The molecule has 1 aromatic heterocycles. The number of nitrogens with two attached hydrogens (primary N) is 1. The molecule has 2 N–H and O–H groups in total. The fourth-order valence-electron chi connectivity index (χ4n) is 2.80. The minimum atomic E-state index is -3.97. The number of nitrogens with zero attached hydrogens (tertiary/aromatic N) is 3. The largest absolute Gasteiger partial charge is 0.497 e. The van der Waals surface area contributed by atoms with Crippen LogP contribution in [0.25, 0.3) is 6.08 Å². The fraction of sp³-hybridized carbons (Fsp3) is 0.190. The van der Waals surface area contributed by atoms with E-state index in [0.29, 0.717) is 28.7 Å². The number of hydrogen-bond acceptors (Lipinski definition) is 10. The predicted octanol–water partition coefficient (Wildman–Crippen LogP) is 3.05. The highest BCUT2D eigenvalue weighted by molar-refractivity contribution is 7.91. The number of allylic oxidation sites excluding steroid dienone is 1. The van der Waals surface area contributed by atoms with Crippen molar-refractivity contribution in [3.05, 3.63) is 53.6 Å². The highest BCUT2D eigenvalue weighted by Crippen LogP contribution is 2.38. The van der Waals surface area contributed by atoms with Crippen molar-refractivity contribution in [2.75, 3.05) is 28.4 Å². The Bertz CT molecular complexity index is 1260. The van der Waals surface area contributed by atoms with Crippen LogP contribution in [-0.2, 0) is 10.0 Å². The Kier molecular flexibility index (Phi) is 7.63. The molecule has 0 saturated carbocycles. The van der Waals surface area contributed by atoms with E-state index in [0.717, 1.165) is 22.5 Å². The third-order valence-electron chi connectivity index (χ3n) is 4.36. The van der Waals surface area contributed by atoms with E-state index in [-0.39, 0.29) is 9.47 Å². The predicted molar refractivity (Wildman–Crippen MR) is 126 cm³/mol. The molecule has 12 heteroatoms. The quantitative estimate of drug-likeness (QED) is 0.452. The molecule has 0 atom stereocenters. The van der Waals surface area contributed by atoms with Gasteiger partial charge in [0.25, 0.3) is 10.0 Å². The molecule has 0 unspecified atom stereocenters. The smallest absolute Gasteiger partial charge is 0.267 e. The Hall–Kier alpha value is -3.48. The molecule has 3 rings (SSSR count). The van der Waals surface area contributed by atoms with E-state index in [4.69, 9.17) is 24.1 Å². The molecule has 3 aromatic rings. The summed E-state index contributed by atoms with van der Waals surface area (Å²) in [5, 5.41) is 12.7. The second-order valence-electron chi connectivity index (χ2n) is 6.41. The van der Waals surface area contributed by atoms with E-state index in [1.807, 2.05) is 12.1 Å². The van der Waals surface area contributed by atoms with Crippen molar-refractivity contribution in [3.8, 4) is 23.0 Å². The highest BCUT2D eigenvalue weighted by Gasteiger charge is 2.16. The molecule has 0 amide bonds. The number of aliphatic imine (C=N–C) groups is 1. The maximum atomic E-state index is 11.5. The van der Waals surface area contributed by atoms with E-state index >= 15 is 0 Å². The topological polar surface area (TPSA) is 135 Å². The van der Waals surface area contributed by atoms with Crippen LogP contribution in [0.15, 0.2) is 51.8 Å². The first-order chi connectivity index (χ1) is 15.8. The van der Waals surface area contributed by atoms with Gasteiger partial charge in [-0.2, -0.15) is 0 Å². The summed E-state index contributed by atoms with van der Waals surface area (Å²) >= 11 is 0.771. The van der Waals surface area contributed by atoms with Crippen LogP contribution in [0.2, 0.25) is 0 Å². The monoisotopic (exact) mass is 490 g/mol. The SMILES string of the molecule is COc1ccc(C(/C=C/c2cc(OC)c(OC)c(OC)c2)=N\c2nnc(S(N)(=O)=O)s2)cc1. The van der Waals surface area contributed by atoms with Gasteiger partial charge in [0.15, 0.2) is 11.5 Å². The first kappa shape index (κ1) is 24.2. The second kappa shape index (κ2) is 10.4. The molecule has 0 radical (unpaired) electrons. The molecule has 10 nitrogen and oxygen atoms in total. The van der Waals surface area contributed by atoms with Gasteiger partial charge >= 0.3 is 0 Å². The Labute approximate surface area is 195 Å². The zero-order valence-electron chi connectivity index (χ0n) is 18.3. The van der Waals surface area contributed by atoms with Crippen LogP contribution in [0.3, 0.4) is 0 Å². The maximum Gasteiger partial charge on any atom is 0.267 e. The van der Waals surface area contributed by atoms with Crippen LogP contribution in [-0.4, -0.2) is 52.8 Å². The van der Waals surface area contributed by atoms with E-state index in [1.54, 1.807) is 43.5 Å². The molecule has 0 aliphatic carbocycles. The lowest BCUT2D eigenvalue weighted by atomic mass is 10.1. The fourth-order valence-corrected chi connectivity index (χ4v) is 4.10. The minimum Gasteiger partial charge on any atom is -0.497 e. The second-order valence-corrected chi connectivity index (χ2v) is 9.10. The first-order valence-electron chi connectivity index (χ1n) is 9.36. The molecular weight excluding hydrogens is 468 g/mol. The van der Waals surface area contributed by atoms with E-state index in [2.05, 4.69) is 15.2 Å². The van der Waals surface area contributed by atoms with Gasteiger partial charge in [-0.1, -0.05) is 17.4 Å². The number of methoxy groups -OCH3 is 4. The molecule has 0 bridgehead atoms. The van der Waals surface area contributed by atoms with E-state index in [1.165, 1.54) is 21.3 Å². The van der Waals surface area contributed by atoms with Gasteiger partial charge in [0, 0.05) is 5.56 Å². The molecule has 0 saturated heterocycles. The lowest BCUT2D eigenvalue weighted by Gasteiger charge is -2.13. The summed E-state index contributed by atoms with van der Waals surface area (Å²) in [5.41, 5.74) is 2.00. The lowest BCUT2D eigenvalue weighted by molar-refractivity contribution is 0.324. The molecule has 0 spiro atoms. The van der Waals surface area contributed by atoms with Crippen molar-refractivity contribution in [2.45, 2.75) is 4.34 Å². The van der Waals surface area contributed by atoms with E-state index < -0.39 is 10.0 Å². The third-order valence-corrected chi connectivity index (χ3v) is 6.49. The molecule has 2 aromatic carbocycles. The summed E-state index contributed by atoms with van der Waals surface area (Å²) in [4.78, 5) is 4.48. The average Bonchev–Trinajstić information content (AvgIpc) is 3.30. The first-order valence-corrected chi connectivity index (χ1v) is 11.7. The van der Waals surface area contributed by atoms with Crippen molar-refractivity contribution in [1.82, 2.24) is 10.2 Å². The number of ether oxygens (including phenoxy) is 4. The summed E-state index contributed by atoms with van der Waals surface area (Å²) in [7, 11) is 2.21. The van der Waals surface area contributed by atoms with Gasteiger partial charge in [-0.3, -0.25) is 0 Å². The van der Waals surface area contributed by atoms with Gasteiger partial charge < -0.3 is 18.9 Å². The summed E-state index contributed by atoms with van der Waals surface area (Å²) in [5.74, 6) is 2.16. The molecular formula is C21H22N4O6S2. The number of benzene rings is 2. The Morgan fingerprint density at radius 3 is 2.09 bits per heavy atom. The lowest BCUT2D eigenvalue weighted by Crippen LogP contribution is -2.11. The number of sulfonamides is 1. The highest BCUT2D eigenvalue weighted by atomic mass is 32.2. The molecule has 1 heterocycles. The van der Waals surface area contributed by atoms with Crippen LogP contribution in [0.4, 0.5) is 5.13 Å². The standard InChI is InChI=1S/C21H22N4O6S2/c1-28-15-8-6-14(7-9-15)16(23-20-24-25-21(32-20)33(22,26)27)10-5-13-11-17(29-2)19(31-4)18(12-13)30-3/h5-12H,1-4H3,(H2,22,26,27)/b10-5+,23-16-. The molecule has 0 fully saturated rings. The van der Waals surface area contributed by atoms with Crippen LogP contribution in [0.1, 0.15) is 11.1 Å². The van der Waals surface area contributed by atoms with Gasteiger partial charge in [0.2, 0.25) is 15.2 Å². The van der Waals surface area contributed by atoms with Crippen molar-refractivity contribution in [3.63, 3.8) is 0 Å².